The lowest BCUT2D eigenvalue weighted by Crippen LogP contribution is -2.26. The number of rotatable bonds is 8. The number of ether oxygens (including phenoxy) is 1. The van der Waals surface area contributed by atoms with E-state index in [2.05, 4.69) is 26.6 Å². The highest BCUT2D eigenvalue weighted by molar-refractivity contribution is 9.10. The van der Waals surface area contributed by atoms with Gasteiger partial charge in [-0.15, -0.1) is 0 Å². The van der Waals surface area contributed by atoms with Crippen molar-refractivity contribution in [3.63, 3.8) is 0 Å². The van der Waals surface area contributed by atoms with Gasteiger partial charge in [0.1, 0.15) is 16.9 Å². The normalized spacial score (nSPS) is 10.9. The molecule has 0 atom stereocenters. The third-order valence-corrected chi connectivity index (χ3v) is 6.65. The van der Waals surface area contributed by atoms with Crippen LogP contribution in [0, 0.1) is 0 Å². The highest BCUT2D eigenvalue weighted by atomic mass is 79.9. The summed E-state index contributed by atoms with van der Waals surface area (Å²) in [6.45, 7) is 0.0272. The number of carboxylic acid groups (broad SMARTS) is 1. The van der Waals surface area contributed by atoms with Crippen molar-refractivity contribution in [1.29, 1.82) is 0 Å². The summed E-state index contributed by atoms with van der Waals surface area (Å²) >= 11 is 3.47. The van der Waals surface area contributed by atoms with Crippen molar-refractivity contribution in [2.24, 2.45) is 0 Å². The Hall–Kier alpha value is -4.63. The van der Waals surface area contributed by atoms with E-state index < -0.39 is 18.0 Å². The molecular formula is C30H23BrN2O6. The molecule has 196 valence electrons. The lowest BCUT2D eigenvalue weighted by Gasteiger charge is -2.13. The van der Waals surface area contributed by atoms with E-state index in [1.165, 1.54) is 12.1 Å². The maximum atomic E-state index is 12.9. The number of fused-ring (bicyclic) bond motifs is 3. The summed E-state index contributed by atoms with van der Waals surface area (Å²) in [6.07, 6.45) is -0.331. The first kappa shape index (κ1) is 26.0. The van der Waals surface area contributed by atoms with Gasteiger partial charge in [-0.2, -0.15) is 0 Å². The minimum absolute atomic E-state index is 0.0272. The third kappa shape index (κ3) is 6.10. The molecule has 8 nitrogen and oxygen atoms in total. The summed E-state index contributed by atoms with van der Waals surface area (Å²) < 4.78 is 12.8. The summed E-state index contributed by atoms with van der Waals surface area (Å²) in [6, 6.07) is 25.4. The molecule has 0 bridgehead atoms. The molecule has 0 unspecified atom stereocenters. The highest BCUT2D eigenvalue weighted by Gasteiger charge is 2.18. The van der Waals surface area contributed by atoms with E-state index >= 15 is 0 Å². The highest BCUT2D eigenvalue weighted by Crippen LogP contribution is 2.37. The zero-order chi connectivity index (χ0) is 27.4. The topological polar surface area (TPSA) is 118 Å². The molecule has 0 fully saturated rings. The predicted octanol–water partition coefficient (Wildman–Crippen LogP) is 6.75. The molecular weight excluding hydrogens is 564 g/mol. The fourth-order valence-electron chi connectivity index (χ4n) is 4.28. The van der Waals surface area contributed by atoms with Gasteiger partial charge in [-0.25, -0.2) is 4.79 Å². The van der Waals surface area contributed by atoms with Crippen LogP contribution in [0.2, 0.25) is 0 Å². The molecule has 5 aromatic rings. The summed E-state index contributed by atoms with van der Waals surface area (Å²) in [7, 11) is 0. The number of furan rings is 1. The number of amides is 2. The number of halogens is 1. The molecule has 0 aliphatic carbocycles. The van der Waals surface area contributed by atoms with Crippen molar-refractivity contribution in [2.45, 2.75) is 12.8 Å². The Morgan fingerprint density at radius 1 is 0.872 bits per heavy atom. The van der Waals surface area contributed by atoms with Crippen LogP contribution in [0.1, 0.15) is 27.9 Å². The number of para-hydroxylation sites is 1. The maximum absolute atomic E-state index is 12.9. The molecule has 3 N–H and O–H groups in total. The van der Waals surface area contributed by atoms with Gasteiger partial charge >= 0.3 is 12.1 Å². The van der Waals surface area contributed by atoms with Gasteiger partial charge in [0.05, 0.1) is 6.42 Å². The van der Waals surface area contributed by atoms with E-state index in [9.17, 15) is 14.4 Å². The first-order valence-corrected chi connectivity index (χ1v) is 12.9. The predicted molar refractivity (Wildman–Crippen MR) is 151 cm³/mol. The largest absolute Gasteiger partial charge is 0.481 e. The molecule has 0 spiro atoms. The van der Waals surface area contributed by atoms with E-state index in [4.69, 9.17) is 14.3 Å². The second-order valence-corrected chi connectivity index (χ2v) is 9.72. The summed E-state index contributed by atoms with van der Waals surface area (Å²) in [4.78, 5) is 35.7. The molecule has 0 saturated carbocycles. The molecule has 1 aromatic heterocycles. The van der Waals surface area contributed by atoms with Gasteiger partial charge in [0.25, 0.3) is 5.91 Å². The Morgan fingerprint density at radius 3 is 2.36 bits per heavy atom. The average Bonchev–Trinajstić information content (AvgIpc) is 3.30. The Labute approximate surface area is 231 Å². The Balaban J connectivity index is 1.37. The Kier molecular flexibility index (Phi) is 7.60. The average molecular weight is 587 g/mol. The minimum atomic E-state index is -0.992. The maximum Gasteiger partial charge on any atom is 0.417 e. The van der Waals surface area contributed by atoms with Crippen molar-refractivity contribution in [3.8, 4) is 5.75 Å². The van der Waals surface area contributed by atoms with Crippen LogP contribution >= 0.6 is 15.9 Å². The third-order valence-electron chi connectivity index (χ3n) is 6.12. The van der Waals surface area contributed by atoms with Crippen LogP contribution in [-0.4, -0.2) is 29.6 Å². The van der Waals surface area contributed by atoms with Gasteiger partial charge in [0.2, 0.25) is 0 Å². The van der Waals surface area contributed by atoms with Gasteiger partial charge in [-0.3, -0.25) is 14.9 Å². The fraction of sp³-hybridized carbons (Fsp3) is 0.100. The number of carboxylic acids is 1. The van der Waals surface area contributed by atoms with E-state index in [0.29, 0.717) is 29.0 Å². The van der Waals surface area contributed by atoms with Crippen molar-refractivity contribution >= 4 is 61.5 Å². The van der Waals surface area contributed by atoms with E-state index in [1.807, 2.05) is 48.5 Å². The van der Waals surface area contributed by atoms with Crippen molar-refractivity contribution in [1.82, 2.24) is 5.32 Å². The van der Waals surface area contributed by atoms with Crippen molar-refractivity contribution in [2.75, 3.05) is 11.9 Å². The van der Waals surface area contributed by atoms with Crippen LogP contribution in [0.25, 0.3) is 21.9 Å². The molecule has 0 radical (unpaired) electrons. The first-order valence-electron chi connectivity index (χ1n) is 12.1. The standard InChI is InChI=1S/C30H23BrN2O6/c31-20-9-5-18(6-10-20)17-23-25(13-14-26-28(23)22-3-1-2-4-24(22)38-26)39-30(37)33-21-11-7-19(8-12-21)29(36)32-16-15-27(34)35/h1-14H,15-17H2,(H,32,36)(H,33,37)(H,34,35). The quantitative estimate of drug-likeness (QED) is 0.185. The van der Waals surface area contributed by atoms with Crippen LogP contribution < -0.4 is 15.4 Å². The number of hydrogen-bond donors (Lipinski definition) is 3. The van der Waals surface area contributed by atoms with Crippen molar-refractivity contribution in [3.05, 3.63) is 106 Å². The van der Waals surface area contributed by atoms with Crippen LogP contribution in [0.3, 0.4) is 0 Å². The SMILES string of the molecule is O=C(O)CCNC(=O)c1ccc(NC(=O)Oc2ccc3oc4ccccc4c3c2Cc2ccc(Br)cc2)cc1. The van der Waals surface area contributed by atoms with Crippen LogP contribution in [0.15, 0.2) is 93.8 Å². The monoisotopic (exact) mass is 586 g/mol. The number of aliphatic carboxylic acids is 1. The van der Waals surface area contributed by atoms with Gasteiger partial charge < -0.3 is 19.6 Å². The molecule has 0 aliphatic rings. The zero-order valence-electron chi connectivity index (χ0n) is 20.6. The summed E-state index contributed by atoms with van der Waals surface area (Å²) in [5, 5.41) is 15.7. The molecule has 1 heterocycles. The number of carbonyl (C=O) groups is 3. The number of anilines is 1. The molecule has 2 amide bonds. The van der Waals surface area contributed by atoms with Crippen LogP contribution in [0.4, 0.5) is 10.5 Å². The van der Waals surface area contributed by atoms with Crippen LogP contribution in [-0.2, 0) is 11.2 Å². The molecule has 4 aromatic carbocycles. The number of nitrogens with one attached hydrogen (secondary N) is 2. The zero-order valence-corrected chi connectivity index (χ0v) is 22.2. The van der Waals surface area contributed by atoms with Gasteiger partial charge in [0.15, 0.2) is 0 Å². The Bertz CT molecular complexity index is 1680. The number of benzene rings is 4. The first-order chi connectivity index (χ1) is 18.9. The van der Waals surface area contributed by atoms with Gasteiger partial charge in [0, 0.05) is 45.0 Å². The number of hydrogen-bond acceptors (Lipinski definition) is 5. The van der Waals surface area contributed by atoms with E-state index in [0.717, 1.165) is 32.0 Å². The molecule has 0 aliphatic heterocycles. The second kappa shape index (κ2) is 11.4. The van der Waals surface area contributed by atoms with E-state index in [1.54, 1.807) is 24.3 Å². The van der Waals surface area contributed by atoms with Crippen LogP contribution in [0.5, 0.6) is 5.75 Å². The van der Waals surface area contributed by atoms with Gasteiger partial charge in [-0.05, 0) is 60.2 Å². The summed E-state index contributed by atoms with van der Waals surface area (Å²) in [5.41, 5.74) is 4.09. The lowest BCUT2D eigenvalue weighted by atomic mass is 9.98. The molecule has 0 saturated heterocycles. The molecule has 9 heteroatoms. The lowest BCUT2D eigenvalue weighted by molar-refractivity contribution is -0.136. The van der Waals surface area contributed by atoms with E-state index in [-0.39, 0.29) is 13.0 Å². The summed E-state index contributed by atoms with van der Waals surface area (Å²) in [5.74, 6) is -0.985. The second-order valence-electron chi connectivity index (χ2n) is 8.81. The Morgan fingerprint density at radius 2 is 1.62 bits per heavy atom. The number of carbonyl (C=O) groups excluding carboxylic acids is 2. The molecule has 5 rings (SSSR count). The minimum Gasteiger partial charge on any atom is -0.481 e. The smallest absolute Gasteiger partial charge is 0.417 e. The van der Waals surface area contributed by atoms with Gasteiger partial charge in [-0.1, -0.05) is 46.3 Å². The van der Waals surface area contributed by atoms with Crippen molar-refractivity contribution < 1.29 is 28.6 Å². The molecule has 39 heavy (non-hydrogen) atoms. The fourth-order valence-corrected chi connectivity index (χ4v) is 4.54.